The predicted molar refractivity (Wildman–Crippen MR) is 97.6 cm³/mol. The number of benzene rings is 1. The second-order valence-electron chi connectivity index (χ2n) is 5.49. The molecule has 1 aromatic carbocycles. The highest BCUT2D eigenvalue weighted by molar-refractivity contribution is 6.42. The summed E-state index contributed by atoms with van der Waals surface area (Å²) in [6.45, 7) is 0.242. The molecule has 0 aliphatic heterocycles. The molecule has 0 fully saturated rings. The Morgan fingerprint density at radius 1 is 1.11 bits per heavy atom. The molecular weight excluding hydrogens is 404 g/mol. The second kappa shape index (κ2) is 8.01. The maximum atomic E-state index is 13.2. The van der Waals surface area contributed by atoms with Crippen molar-refractivity contribution in [1.82, 2.24) is 20.2 Å². The number of H-pyrrole nitrogens is 1. The topological polar surface area (TPSA) is 78.5 Å². The molecule has 0 spiro atoms. The summed E-state index contributed by atoms with van der Waals surface area (Å²) >= 11 is 11.8. The Kier molecular flexibility index (Phi) is 5.71. The number of alkyl halides is 3. The molecule has 27 heavy (non-hydrogen) atoms. The van der Waals surface area contributed by atoms with Crippen LogP contribution in [0, 0.1) is 0 Å². The number of hydrogen-bond donors (Lipinski definition) is 3. The number of rotatable bonds is 6. The highest BCUT2D eigenvalue weighted by Crippen LogP contribution is 2.34. The first-order chi connectivity index (χ1) is 12.8. The number of halogens is 5. The van der Waals surface area contributed by atoms with E-state index in [2.05, 4.69) is 30.8 Å². The van der Waals surface area contributed by atoms with E-state index < -0.39 is 11.7 Å². The van der Waals surface area contributed by atoms with E-state index in [1.807, 2.05) is 0 Å². The normalized spacial score (nSPS) is 11.4. The molecule has 0 amide bonds. The van der Waals surface area contributed by atoms with Crippen LogP contribution >= 0.6 is 23.2 Å². The maximum absolute atomic E-state index is 13.2. The van der Waals surface area contributed by atoms with Crippen molar-refractivity contribution in [2.75, 3.05) is 17.2 Å². The van der Waals surface area contributed by atoms with Crippen LogP contribution in [0.2, 0.25) is 10.0 Å². The molecule has 0 radical (unpaired) electrons. The highest BCUT2D eigenvalue weighted by Gasteiger charge is 2.35. The van der Waals surface area contributed by atoms with Gasteiger partial charge in [-0.05, 0) is 30.2 Å². The molecule has 3 aromatic rings. The van der Waals surface area contributed by atoms with Crippen molar-refractivity contribution < 1.29 is 13.2 Å². The van der Waals surface area contributed by atoms with Crippen molar-refractivity contribution in [3.8, 4) is 0 Å². The average Bonchev–Trinajstić information content (AvgIpc) is 3.11. The van der Waals surface area contributed by atoms with Gasteiger partial charge in [0, 0.05) is 24.6 Å². The molecule has 142 valence electrons. The lowest BCUT2D eigenvalue weighted by molar-refractivity contribution is -0.137. The first-order valence-corrected chi connectivity index (χ1v) is 8.46. The Morgan fingerprint density at radius 3 is 2.59 bits per heavy atom. The quantitative estimate of drug-likeness (QED) is 0.531. The van der Waals surface area contributed by atoms with Gasteiger partial charge in [-0.2, -0.15) is 23.3 Å². The standard InChI is InChI=1S/C16H13Cl2F3N6/c17-12-2-1-10(5-13(12)18)26-15-23-8-11(16(19,20)21)14(27-15)22-4-3-9-6-24-25-7-9/h1-2,5-8H,3-4H2,(H,24,25)(H2,22,23,26,27). The minimum Gasteiger partial charge on any atom is -0.369 e. The van der Waals surface area contributed by atoms with Gasteiger partial charge in [0.25, 0.3) is 0 Å². The van der Waals surface area contributed by atoms with Crippen LogP contribution in [0.3, 0.4) is 0 Å². The fourth-order valence-electron chi connectivity index (χ4n) is 2.23. The van der Waals surface area contributed by atoms with Crippen molar-refractivity contribution in [2.24, 2.45) is 0 Å². The first kappa shape index (κ1) is 19.2. The lowest BCUT2D eigenvalue weighted by Gasteiger charge is -2.15. The Hall–Kier alpha value is -2.52. The number of anilines is 3. The molecule has 0 bridgehead atoms. The van der Waals surface area contributed by atoms with Crippen molar-refractivity contribution in [1.29, 1.82) is 0 Å². The molecule has 0 saturated heterocycles. The Bertz CT molecular complexity index is 915. The number of aromatic nitrogens is 4. The Morgan fingerprint density at radius 2 is 1.93 bits per heavy atom. The summed E-state index contributed by atoms with van der Waals surface area (Å²) in [4.78, 5) is 7.69. The molecule has 3 N–H and O–H groups in total. The zero-order valence-electron chi connectivity index (χ0n) is 13.6. The molecule has 11 heteroatoms. The van der Waals surface area contributed by atoms with Crippen molar-refractivity contribution in [2.45, 2.75) is 12.6 Å². The molecular formula is C16H13Cl2F3N6. The molecule has 0 aliphatic carbocycles. The summed E-state index contributed by atoms with van der Waals surface area (Å²) in [5.74, 6) is -0.323. The number of aromatic amines is 1. The molecule has 0 aliphatic rings. The fourth-order valence-corrected chi connectivity index (χ4v) is 2.52. The lowest BCUT2D eigenvalue weighted by atomic mass is 10.2. The minimum absolute atomic E-state index is 0.00722. The number of nitrogens with one attached hydrogen (secondary N) is 3. The lowest BCUT2D eigenvalue weighted by Crippen LogP contribution is -2.16. The second-order valence-corrected chi connectivity index (χ2v) is 6.31. The van der Waals surface area contributed by atoms with E-state index in [4.69, 9.17) is 23.2 Å². The van der Waals surface area contributed by atoms with Crippen molar-refractivity contribution >= 4 is 40.7 Å². The molecule has 0 unspecified atom stereocenters. The monoisotopic (exact) mass is 416 g/mol. The third-order valence-electron chi connectivity index (χ3n) is 3.53. The number of hydrogen-bond acceptors (Lipinski definition) is 5. The molecule has 0 atom stereocenters. The Labute approximate surface area is 162 Å². The number of nitrogens with zero attached hydrogens (tertiary/aromatic N) is 3. The van der Waals surface area contributed by atoms with Crippen LogP contribution in [-0.4, -0.2) is 26.7 Å². The van der Waals surface area contributed by atoms with Crippen LogP contribution in [0.5, 0.6) is 0 Å². The predicted octanol–water partition coefficient (Wildman–Crippen LogP) is 4.92. The zero-order valence-corrected chi connectivity index (χ0v) is 15.1. The molecule has 6 nitrogen and oxygen atoms in total. The van der Waals surface area contributed by atoms with E-state index in [0.29, 0.717) is 22.2 Å². The summed E-state index contributed by atoms with van der Waals surface area (Å²) in [5.41, 5.74) is 0.405. The van der Waals surface area contributed by atoms with Gasteiger partial charge in [0.2, 0.25) is 5.95 Å². The largest absolute Gasteiger partial charge is 0.421 e. The summed E-state index contributed by atoms with van der Waals surface area (Å²) in [5, 5.41) is 12.6. The van der Waals surface area contributed by atoms with Crippen LogP contribution in [0.25, 0.3) is 0 Å². The third-order valence-corrected chi connectivity index (χ3v) is 4.27. The summed E-state index contributed by atoms with van der Waals surface area (Å²) in [7, 11) is 0. The van der Waals surface area contributed by atoms with E-state index in [0.717, 1.165) is 11.8 Å². The van der Waals surface area contributed by atoms with Gasteiger partial charge in [-0.1, -0.05) is 23.2 Å². The van der Waals surface area contributed by atoms with Crippen LogP contribution in [0.15, 0.2) is 36.8 Å². The smallest absolute Gasteiger partial charge is 0.369 e. The van der Waals surface area contributed by atoms with Gasteiger partial charge in [-0.3, -0.25) is 5.10 Å². The van der Waals surface area contributed by atoms with Gasteiger partial charge in [-0.25, -0.2) is 4.98 Å². The van der Waals surface area contributed by atoms with Crippen molar-refractivity contribution in [3.05, 3.63) is 58.0 Å². The fraction of sp³-hybridized carbons (Fsp3) is 0.188. The van der Waals surface area contributed by atoms with Crippen LogP contribution in [-0.2, 0) is 12.6 Å². The average molecular weight is 417 g/mol. The van der Waals surface area contributed by atoms with Gasteiger partial charge in [-0.15, -0.1) is 0 Å². The SMILES string of the molecule is FC(F)(F)c1cnc(Nc2ccc(Cl)c(Cl)c2)nc1NCCc1cn[nH]c1. The van der Waals surface area contributed by atoms with E-state index in [1.54, 1.807) is 24.5 Å². The van der Waals surface area contributed by atoms with Gasteiger partial charge in [0.15, 0.2) is 0 Å². The zero-order chi connectivity index (χ0) is 19.4. The minimum atomic E-state index is -4.58. The highest BCUT2D eigenvalue weighted by atomic mass is 35.5. The molecule has 0 saturated carbocycles. The van der Waals surface area contributed by atoms with Crippen LogP contribution in [0.4, 0.5) is 30.6 Å². The maximum Gasteiger partial charge on any atom is 0.421 e. The van der Waals surface area contributed by atoms with E-state index in [1.165, 1.54) is 6.07 Å². The summed E-state index contributed by atoms with van der Waals surface area (Å²) < 4.78 is 39.7. The van der Waals surface area contributed by atoms with Crippen molar-refractivity contribution in [3.63, 3.8) is 0 Å². The molecule has 2 heterocycles. The van der Waals surface area contributed by atoms with Crippen LogP contribution < -0.4 is 10.6 Å². The van der Waals surface area contributed by atoms with Gasteiger partial charge < -0.3 is 10.6 Å². The van der Waals surface area contributed by atoms with Crippen LogP contribution in [0.1, 0.15) is 11.1 Å². The van der Waals surface area contributed by atoms with E-state index >= 15 is 0 Å². The van der Waals surface area contributed by atoms with Gasteiger partial charge in [0.1, 0.15) is 11.4 Å². The molecule has 2 aromatic heterocycles. The van der Waals surface area contributed by atoms with E-state index in [-0.39, 0.29) is 18.3 Å². The van der Waals surface area contributed by atoms with E-state index in [9.17, 15) is 13.2 Å². The Balaban J connectivity index is 1.79. The summed E-state index contributed by atoms with van der Waals surface area (Å²) in [6, 6.07) is 4.69. The molecule has 3 rings (SSSR count). The van der Waals surface area contributed by atoms with Gasteiger partial charge in [0.05, 0.1) is 16.2 Å². The first-order valence-electron chi connectivity index (χ1n) is 7.71. The summed E-state index contributed by atoms with van der Waals surface area (Å²) in [6.07, 6.45) is -0.104. The van der Waals surface area contributed by atoms with Gasteiger partial charge >= 0.3 is 6.18 Å². The third kappa shape index (κ3) is 5.01.